The second-order valence-electron chi connectivity index (χ2n) is 7.46. The average molecular weight is 272 g/mol. The van der Waals surface area contributed by atoms with Crippen LogP contribution in [0.3, 0.4) is 0 Å². The molecule has 2 rings (SSSR count). The van der Waals surface area contributed by atoms with E-state index in [0.29, 0.717) is 18.1 Å². The van der Waals surface area contributed by atoms with E-state index in [0.717, 1.165) is 12.8 Å². The minimum atomic E-state index is 0.170. The van der Waals surface area contributed by atoms with E-state index < -0.39 is 0 Å². The van der Waals surface area contributed by atoms with Gasteiger partial charge in [-0.05, 0) is 54.4 Å². The van der Waals surface area contributed by atoms with Crippen molar-refractivity contribution in [2.24, 2.45) is 5.92 Å². The molecule has 1 aromatic carbocycles. The Morgan fingerprint density at radius 1 is 1.10 bits per heavy atom. The molecule has 1 heteroatoms. The molecule has 0 amide bonds. The Bertz CT molecular complexity index is 476. The summed E-state index contributed by atoms with van der Waals surface area (Å²) >= 11 is 0. The molecule has 0 spiro atoms. The van der Waals surface area contributed by atoms with Gasteiger partial charge in [-0.2, -0.15) is 0 Å². The molecule has 110 valence electrons. The lowest BCUT2D eigenvalue weighted by atomic mass is 9.82. The van der Waals surface area contributed by atoms with Crippen LogP contribution in [0.25, 0.3) is 0 Å². The van der Waals surface area contributed by atoms with Crippen LogP contribution in [0.2, 0.25) is 0 Å². The van der Waals surface area contributed by atoms with Gasteiger partial charge >= 0.3 is 0 Å². The van der Waals surface area contributed by atoms with Crippen molar-refractivity contribution in [2.75, 3.05) is 0 Å². The van der Waals surface area contributed by atoms with Gasteiger partial charge in [0.2, 0.25) is 0 Å². The number of hydrogen-bond donors (Lipinski definition) is 0. The highest BCUT2D eigenvalue weighted by atomic mass is 16.1. The molecular formula is C19H28O. The van der Waals surface area contributed by atoms with Crippen LogP contribution in [-0.4, -0.2) is 5.78 Å². The number of aryl methyl sites for hydroxylation is 2. The van der Waals surface area contributed by atoms with Crippen LogP contribution < -0.4 is 0 Å². The van der Waals surface area contributed by atoms with Crippen molar-refractivity contribution < 1.29 is 4.79 Å². The van der Waals surface area contributed by atoms with E-state index in [9.17, 15) is 4.79 Å². The maximum atomic E-state index is 12.4. The van der Waals surface area contributed by atoms with Gasteiger partial charge in [0.05, 0.1) is 0 Å². The molecule has 0 N–H and O–H groups in total. The molecule has 1 saturated carbocycles. The zero-order chi connectivity index (χ0) is 14.9. The molecule has 1 fully saturated rings. The third-order valence-corrected chi connectivity index (χ3v) is 4.72. The Morgan fingerprint density at radius 3 is 2.05 bits per heavy atom. The largest absolute Gasteiger partial charge is 0.299 e. The summed E-state index contributed by atoms with van der Waals surface area (Å²) in [5, 5.41) is 0. The van der Waals surface area contributed by atoms with Crippen molar-refractivity contribution in [1.82, 2.24) is 0 Å². The van der Waals surface area contributed by atoms with Gasteiger partial charge in [-0.3, -0.25) is 4.79 Å². The van der Waals surface area contributed by atoms with Gasteiger partial charge in [0.25, 0.3) is 0 Å². The van der Waals surface area contributed by atoms with Gasteiger partial charge in [0.1, 0.15) is 5.78 Å². The normalized spacial score (nSPS) is 16.6. The standard InChI is InChI=1S/C19H28O/c1-13-10-16(19(3,4)5)11-14(2)17(13)12-18(20)15-8-6-7-9-15/h10-11,15H,6-9,12H2,1-5H3. The summed E-state index contributed by atoms with van der Waals surface area (Å²) in [7, 11) is 0. The molecule has 0 saturated heterocycles. The van der Waals surface area contributed by atoms with Crippen LogP contribution in [-0.2, 0) is 16.6 Å². The van der Waals surface area contributed by atoms with E-state index in [1.165, 1.54) is 35.1 Å². The first-order chi connectivity index (χ1) is 9.29. The maximum absolute atomic E-state index is 12.4. The van der Waals surface area contributed by atoms with Crippen LogP contribution in [0.1, 0.15) is 68.7 Å². The number of carbonyl (C=O) groups is 1. The van der Waals surface area contributed by atoms with Gasteiger partial charge in [0, 0.05) is 12.3 Å². The average Bonchev–Trinajstić information content (AvgIpc) is 2.85. The lowest BCUT2D eigenvalue weighted by Gasteiger charge is -2.22. The fourth-order valence-electron chi connectivity index (χ4n) is 3.27. The van der Waals surface area contributed by atoms with Crippen LogP contribution in [0.15, 0.2) is 12.1 Å². The second kappa shape index (κ2) is 5.71. The summed E-state index contributed by atoms with van der Waals surface area (Å²) in [5.41, 5.74) is 5.35. The third-order valence-electron chi connectivity index (χ3n) is 4.72. The summed E-state index contributed by atoms with van der Waals surface area (Å²) in [5.74, 6) is 0.785. The van der Waals surface area contributed by atoms with Gasteiger partial charge in [-0.25, -0.2) is 0 Å². The van der Waals surface area contributed by atoms with Crippen molar-refractivity contribution in [3.8, 4) is 0 Å². The summed E-state index contributed by atoms with van der Waals surface area (Å²) < 4.78 is 0. The Morgan fingerprint density at radius 2 is 1.60 bits per heavy atom. The van der Waals surface area contributed by atoms with Gasteiger partial charge in [0.15, 0.2) is 0 Å². The van der Waals surface area contributed by atoms with E-state index in [1.54, 1.807) is 0 Å². The van der Waals surface area contributed by atoms with Crippen molar-refractivity contribution in [2.45, 2.75) is 72.1 Å². The van der Waals surface area contributed by atoms with E-state index in [2.05, 4.69) is 46.8 Å². The van der Waals surface area contributed by atoms with Gasteiger partial charge in [-0.15, -0.1) is 0 Å². The molecule has 1 aliphatic rings. The highest BCUT2D eigenvalue weighted by Gasteiger charge is 2.24. The van der Waals surface area contributed by atoms with Crippen LogP contribution >= 0.6 is 0 Å². The number of rotatable bonds is 3. The predicted molar refractivity (Wildman–Crippen MR) is 85.3 cm³/mol. The molecule has 20 heavy (non-hydrogen) atoms. The molecule has 0 unspecified atom stereocenters. The topological polar surface area (TPSA) is 17.1 Å². The Labute approximate surface area is 123 Å². The quantitative estimate of drug-likeness (QED) is 0.764. The van der Waals surface area contributed by atoms with Crippen LogP contribution in [0, 0.1) is 19.8 Å². The van der Waals surface area contributed by atoms with E-state index in [1.807, 2.05) is 0 Å². The molecule has 1 aromatic rings. The number of carbonyl (C=O) groups excluding carboxylic acids is 1. The molecule has 0 atom stereocenters. The third kappa shape index (κ3) is 3.31. The zero-order valence-corrected chi connectivity index (χ0v) is 13.7. The second-order valence-corrected chi connectivity index (χ2v) is 7.46. The van der Waals surface area contributed by atoms with Crippen molar-refractivity contribution >= 4 is 5.78 Å². The number of Topliss-reactive ketones (excluding diaryl/α,β-unsaturated/α-hetero) is 1. The molecular weight excluding hydrogens is 244 g/mol. The van der Waals surface area contributed by atoms with Crippen molar-refractivity contribution in [1.29, 1.82) is 0 Å². The number of benzene rings is 1. The lowest BCUT2D eigenvalue weighted by Crippen LogP contribution is -2.17. The van der Waals surface area contributed by atoms with Crippen molar-refractivity contribution in [3.63, 3.8) is 0 Å². The predicted octanol–water partition coefficient (Wildman–Crippen LogP) is 4.90. The molecule has 0 heterocycles. The highest BCUT2D eigenvalue weighted by molar-refractivity contribution is 5.84. The van der Waals surface area contributed by atoms with Gasteiger partial charge in [-0.1, -0.05) is 45.7 Å². The number of hydrogen-bond acceptors (Lipinski definition) is 1. The first kappa shape index (κ1) is 15.3. The van der Waals surface area contributed by atoms with E-state index in [-0.39, 0.29) is 5.41 Å². The summed E-state index contributed by atoms with van der Waals surface area (Å²) in [6.07, 6.45) is 5.31. The summed E-state index contributed by atoms with van der Waals surface area (Å²) in [6.45, 7) is 11.0. The summed E-state index contributed by atoms with van der Waals surface area (Å²) in [6, 6.07) is 4.54. The Hall–Kier alpha value is -1.11. The molecule has 1 nitrogen and oxygen atoms in total. The summed E-state index contributed by atoms with van der Waals surface area (Å²) in [4.78, 5) is 12.4. The maximum Gasteiger partial charge on any atom is 0.140 e. The molecule has 0 aliphatic heterocycles. The highest BCUT2D eigenvalue weighted by Crippen LogP contribution is 2.30. The van der Waals surface area contributed by atoms with E-state index >= 15 is 0 Å². The lowest BCUT2D eigenvalue weighted by molar-refractivity contribution is -0.122. The monoisotopic (exact) mass is 272 g/mol. The molecule has 0 bridgehead atoms. The van der Waals surface area contributed by atoms with Gasteiger partial charge < -0.3 is 0 Å². The van der Waals surface area contributed by atoms with Crippen molar-refractivity contribution in [3.05, 3.63) is 34.4 Å². The fourth-order valence-corrected chi connectivity index (χ4v) is 3.27. The number of ketones is 1. The Balaban J connectivity index is 2.22. The SMILES string of the molecule is Cc1cc(C(C)(C)C)cc(C)c1CC(=O)C1CCCC1. The first-order valence-corrected chi connectivity index (χ1v) is 7.92. The Kier molecular flexibility index (Phi) is 4.36. The first-order valence-electron chi connectivity index (χ1n) is 7.92. The smallest absolute Gasteiger partial charge is 0.140 e. The molecule has 1 aliphatic carbocycles. The fraction of sp³-hybridized carbons (Fsp3) is 0.632. The molecule has 0 aromatic heterocycles. The minimum Gasteiger partial charge on any atom is -0.299 e. The van der Waals surface area contributed by atoms with Crippen LogP contribution in [0.5, 0.6) is 0 Å². The van der Waals surface area contributed by atoms with E-state index in [4.69, 9.17) is 0 Å². The molecule has 0 radical (unpaired) electrons. The minimum absolute atomic E-state index is 0.170. The zero-order valence-electron chi connectivity index (χ0n) is 13.7. The van der Waals surface area contributed by atoms with Crippen LogP contribution in [0.4, 0.5) is 0 Å².